The molecule has 0 saturated heterocycles. The Bertz CT molecular complexity index is 574. The molecule has 1 aromatic carbocycles. The van der Waals surface area contributed by atoms with Crippen molar-refractivity contribution in [3.05, 3.63) is 17.7 Å². The Labute approximate surface area is 142 Å². The zero-order chi connectivity index (χ0) is 18.1. The van der Waals surface area contributed by atoms with Crippen LogP contribution in [0.4, 0.5) is 0 Å². The van der Waals surface area contributed by atoms with Crippen LogP contribution in [0.3, 0.4) is 0 Å². The quantitative estimate of drug-likeness (QED) is 0.716. The number of amides is 2. The molecule has 0 unspecified atom stereocenters. The molecule has 0 radical (unpaired) electrons. The highest BCUT2D eigenvalue weighted by atomic mass is 16.5. The zero-order valence-corrected chi connectivity index (χ0v) is 14.9. The normalized spacial score (nSPS) is 11.4. The topological polar surface area (TPSA) is 85.9 Å². The smallest absolute Gasteiger partial charge is 0.255 e. The molecule has 0 aliphatic heterocycles. The van der Waals surface area contributed by atoms with E-state index in [0.717, 1.165) is 6.42 Å². The van der Waals surface area contributed by atoms with Crippen molar-refractivity contribution in [2.45, 2.75) is 32.7 Å². The van der Waals surface area contributed by atoms with E-state index in [2.05, 4.69) is 10.6 Å². The summed E-state index contributed by atoms with van der Waals surface area (Å²) in [4.78, 5) is 24.0. The van der Waals surface area contributed by atoms with Crippen LogP contribution in [0, 0.1) is 0 Å². The predicted molar refractivity (Wildman–Crippen MR) is 90.9 cm³/mol. The molecule has 24 heavy (non-hydrogen) atoms. The van der Waals surface area contributed by atoms with Gasteiger partial charge in [-0.15, -0.1) is 0 Å². The van der Waals surface area contributed by atoms with Gasteiger partial charge in [-0.3, -0.25) is 9.59 Å². The second kappa shape index (κ2) is 9.64. The van der Waals surface area contributed by atoms with E-state index in [-0.39, 0.29) is 30.8 Å². The minimum absolute atomic E-state index is 0.0936. The number of carbonyl (C=O) groups is 2. The van der Waals surface area contributed by atoms with E-state index in [1.807, 2.05) is 13.8 Å². The molecular weight excluding hydrogens is 312 g/mol. The van der Waals surface area contributed by atoms with Crippen LogP contribution in [0.1, 0.15) is 37.0 Å². The third-order valence-corrected chi connectivity index (χ3v) is 3.61. The van der Waals surface area contributed by atoms with Crippen molar-refractivity contribution in [3.63, 3.8) is 0 Å². The average molecular weight is 338 g/mol. The van der Waals surface area contributed by atoms with Crippen molar-refractivity contribution >= 4 is 11.8 Å². The zero-order valence-electron chi connectivity index (χ0n) is 14.9. The van der Waals surface area contributed by atoms with Gasteiger partial charge in [0.1, 0.15) is 0 Å². The molecule has 0 saturated carbocycles. The summed E-state index contributed by atoms with van der Waals surface area (Å²) in [5.41, 5.74) is 0.317. The summed E-state index contributed by atoms with van der Waals surface area (Å²) in [6, 6.07) is 3.35. The van der Waals surface area contributed by atoms with Crippen LogP contribution in [-0.4, -0.2) is 45.7 Å². The Morgan fingerprint density at radius 2 is 1.75 bits per heavy atom. The molecule has 134 valence electrons. The Morgan fingerprint density at radius 1 is 1.08 bits per heavy atom. The molecular formula is C17H26N2O5. The van der Waals surface area contributed by atoms with Crippen molar-refractivity contribution in [1.82, 2.24) is 10.6 Å². The molecule has 7 heteroatoms. The maximum Gasteiger partial charge on any atom is 0.255 e. The SMILES string of the molecule is CC[C@H](C)NC(=O)CCNC(=O)c1ccc(OC)c(OC)c1OC. The van der Waals surface area contributed by atoms with Gasteiger partial charge >= 0.3 is 0 Å². The van der Waals surface area contributed by atoms with Crippen LogP contribution in [0.25, 0.3) is 0 Å². The fraction of sp³-hybridized carbons (Fsp3) is 0.529. The van der Waals surface area contributed by atoms with Crippen molar-refractivity contribution in [2.24, 2.45) is 0 Å². The molecule has 0 aliphatic carbocycles. The number of rotatable bonds is 9. The molecule has 1 aromatic rings. The minimum Gasteiger partial charge on any atom is -0.493 e. The molecule has 0 aliphatic rings. The van der Waals surface area contributed by atoms with E-state index < -0.39 is 0 Å². The molecule has 0 heterocycles. The van der Waals surface area contributed by atoms with E-state index in [4.69, 9.17) is 14.2 Å². The van der Waals surface area contributed by atoms with E-state index in [1.165, 1.54) is 21.3 Å². The molecule has 7 nitrogen and oxygen atoms in total. The number of benzene rings is 1. The van der Waals surface area contributed by atoms with E-state index in [0.29, 0.717) is 22.8 Å². The second-order valence-electron chi connectivity index (χ2n) is 5.26. The fourth-order valence-electron chi connectivity index (χ4n) is 2.11. The summed E-state index contributed by atoms with van der Waals surface area (Å²) in [6.07, 6.45) is 1.08. The van der Waals surface area contributed by atoms with Gasteiger partial charge in [0.05, 0.1) is 26.9 Å². The number of hydrogen-bond acceptors (Lipinski definition) is 5. The minimum atomic E-state index is -0.343. The lowest BCUT2D eigenvalue weighted by Gasteiger charge is -2.15. The third kappa shape index (κ3) is 5.04. The number of nitrogens with one attached hydrogen (secondary N) is 2. The Kier molecular flexibility index (Phi) is 7.88. The van der Waals surface area contributed by atoms with Crippen LogP contribution in [-0.2, 0) is 4.79 Å². The van der Waals surface area contributed by atoms with Crippen LogP contribution in [0.15, 0.2) is 12.1 Å². The number of carbonyl (C=O) groups excluding carboxylic acids is 2. The van der Waals surface area contributed by atoms with Crippen LogP contribution >= 0.6 is 0 Å². The first-order valence-corrected chi connectivity index (χ1v) is 7.84. The maximum absolute atomic E-state index is 12.3. The molecule has 1 atom stereocenters. The predicted octanol–water partition coefficient (Wildman–Crippen LogP) is 1.75. The molecule has 0 aromatic heterocycles. The first-order chi connectivity index (χ1) is 11.5. The highest BCUT2D eigenvalue weighted by Gasteiger charge is 2.20. The van der Waals surface area contributed by atoms with Crippen molar-refractivity contribution in [2.75, 3.05) is 27.9 Å². The van der Waals surface area contributed by atoms with Gasteiger partial charge < -0.3 is 24.8 Å². The molecule has 2 amide bonds. The van der Waals surface area contributed by atoms with E-state index >= 15 is 0 Å². The van der Waals surface area contributed by atoms with Crippen molar-refractivity contribution in [1.29, 1.82) is 0 Å². The van der Waals surface area contributed by atoms with Crippen LogP contribution in [0.2, 0.25) is 0 Å². The summed E-state index contributed by atoms with van der Waals surface area (Å²) >= 11 is 0. The molecule has 0 spiro atoms. The first kappa shape index (κ1) is 19.6. The fourth-order valence-corrected chi connectivity index (χ4v) is 2.11. The molecule has 2 N–H and O–H groups in total. The summed E-state index contributed by atoms with van der Waals surface area (Å²) < 4.78 is 15.7. The largest absolute Gasteiger partial charge is 0.493 e. The van der Waals surface area contributed by atoms with Gasteiger partial charge in [0.2, 0.25) is 11.7 Å². The summed E-state index contributed by atoms with van der Waals surface area (Å²) in [5.74, 6) is 0.674. The number of hydrogen-bond donors (Lipinski definition) is 2. The van der Waals surface area contributed by atoms with E-state index in [9.17, 15) is 9.59 Å². The molecule has 0 fully saturated rings. The summed E-state index contributed by atoms with van der Waals surface area (Å²) in [5, 5.41) is 5.56. The van der Waals surface area contributed by atoms with Crippen molar-refractivity contribution < 1.29 is 23.8 Å². The molecule has 0 bridgehead atoms. The lowest BCUT2D eigenvalue weighted by molar-refractivity contribution is -0.121. The Balaban J connectivity index is 2.73. The van der Waals surface area contributed by atoms with Gasteiger partial charge in [-0.1, -0.05) is 6.92 Å². The van der Waals surface area contributed by atoms with Crippen LogP contribution < -0.4 is 24.8 Å². The number of methoxy groups -OCH3 is 3. The molecule has 1 rings (SSSR count). The average Bonchev–Trinajstić information content (AvgIpc) is 2.59. The van der Waals surface area contributed by atoms with Gasteiger partial charge in [-0.05, 0) is 25.5 Å². The van der Waals surface area contributed by atoms with Gasteiger partial charge in [-0.2, -0.15) is 0 Å². The van der Waals surface area contributed by atoms with Gasteiger partial charge in [0.15, 0.2) is 11.5 Å². The summed E-state index contributed by atoms with van der Waals surface area (Å²) in [6.45, 7) is 4.17. The highest BCUT2D eigenvalue weighted by molar-refractivity contribution is 5.98. The number of ether oxygens (including phenoxy) is 3. The third-order valence-electron chi connectivity index (χ3n) is 3.61. The van der Waals surface area contributed by atoms with Crippen molar-refractivity contribution in [3.8, 4) is 17.2 Å². The van der Waals surface area contributed by atoms with Crippen LogP contribution in [0.5, 0.6) is 17.2 Å². The monoisotopic (exact) mass is 338 g/mol. The lowest BCUT2D eigenvalue weighted by Crippen LogP contribution is -2.35. The second-order valence-corrected chi connectivity index (χ2v) is 5.26. The van der Waals surface area contributed by atoms with Gasteiger partial charge in [0.25, 0.3) is 5.91 Å². The lowest BCUT2D eigenvalue weighted by atomic mass is 10.1. The maximum atomic E-state index is 12.3. The van der Waals surface area contributed by atoms with Gasteiger partial charge in [0, 0.05) is 19.0 Å². The standard InChI is InChI=1S/C17H26N2O5/c1-6-11(2)19-14(20)9-10-18-17(21)12-7-8-13(22-3)16(24-5)15(12)23-4/h7-8,11H,6,9-10H2,1-5H3,(H,18,21)(H,19,20)/t11-/m0/s1. The highest BCUT2D eigenvalue weighted by Crippen LogP contribution is 2.39. The Morgan fingerprint density at radius 3 is 2.29 bits per heavy atom. The van der Waals surface area contributed by atoms with E-state index in [1.54, 1.807) is 12.1 Å². The summed E-state index contributed by atoms with van der Waals surface area (Å²) in [7, 11) is 4.43. The van der Waals surface area contributed by atoms with Gasteiger partial charge in [-0.25, -0.2) is 0 Å². The Hall–Kier alpha value is -2.44. The first-order valence-electron chi connectivity index (χ1n) is 7.84.